The molecule has 0 aliphatic heterocycles. The zero-order valence-electron chi connectivity index (χ0n) is 28.3. The Morgan fingerprint density at radius 2 is 2.00 bits per heavy atom. The van der Waals surface area contributed by atoms with Gasteiger partial charge in [0.2, 0.25) is 0 Å². The first kappa shape index (κ1) is 15.5. The summed E-state index contributed by atoms with van der Waals surface area (Å²) in [7, 11) is 0. The maximum Gasteiger partial charge on any atom is 0.196 e. The molecule has 182 valence electrons. The van der Waals surface area contributed by atoms with Gasteiger partial charge in [0, 0.05) is 29.3 Å². The maximum atomic E-state index is 10.4. The molecule has 1 saturated carbocycles. The van der Waals surface area contributed by atoms with Crippen molar-refractivity contribution in [2.24, 2.45) is 0 Å². The monoisotopic (exact) mass is 505 g/mol. The molecule has 6 nitrogen and oxygen atoms in total. The largest absolute Gasteiger partial charge is 0.486 e. The molecule has 5 rings (SSSR count). The van der Waals surface area contributed by atoms with Crippen LogP contribution in [0.5, 0.6) is 5.75 Å². The first-order valence-electron chi connectivity index (χ1n) is 15.6. The quantitative estimate of drug-likeness (QED) is 0.326. The Labute approximate surface area is 228 Å². The fourth-order valence-electron chi connectivity index (χ4n) is 3.43. The molecule has 0 spiro atoms. The van der Waals surface area contributed by atoms with E-state index in [4.69, 9.17) is 17.1 Å². The van der Waals surface area contributed by atoms with Gasteiger partial charge in [0.1, 0.15) is 18.5 Å². The molecule has 2 heterocycles. The molecule has 0 amide bonds. The minimum atomic E-state index is -3.34. The van der Waals surface area contributed by atoms with E-state index in [0.717, 1.165) is 5.56 Å². The Bertz CT molecular complexity index is 1730. The van der Waals surface area contributed by atoms with Gasteiger partial charge in [-0.1, -0.05) is 66.7 Å². The van der Waals surface area contributed by atoms with Crippen LogP contribution < -0.4 is 4.74 Å². The number of aryl methyl sites for hydroxylation is 1. The highest BCUT2D eigenvalue weighted by Crippen LogP contribution is 2.35. The van der Waals surface area contributed by atoms with Crippen molar-refractivity contribution in [3.63, 3.8) is 0 Å². The normalized spacial score (nSPS) is 24.4. The van der Waals surface area contributed by atoms with Gasteiger partial charge in [-0.15, -0.1) is 10.2 Å². The lowest BCUT2D eigenvalue weighted by Crippen LogP contribution is -2.08. The van der Waals surface area contributed by atoms with E-state index in [1.54, 1.807) is 42.5 Å². The fraction of sp³-hybridized carbons (Fsp3) is 0.276. The molecule has 2 aromatic heterocycles. The number of aliphatic hydroxyl groups excluding tert-OH is 1. The van der Waals surface area contributed by atoms with Crippen LogP contribution in [-0.2, 0) is 6.61 Å². The van der Waals surface area contributed by atoms with E-state index < -0.39 is 36.8 Å². The minimum absolute atomic E-state index is 0.161. The lowest BCUT2D eigenvalue weighted by Gasteiger charge is -2.13. The van der Waals surface area contributed by atoms with Gasteiger partial charge in [-0.3, -0.25) is 9.55 Å². The van der Waals surface area contributed by atoms with Crippen LogP contribution in [0, 0.1) is 18.8 Å². The van der Waals surface area contributed by atoms with Crippen molar-refractivity contribution in [3.8, 4) is 23.3 Å². The third kappa shape index (κ3) is 5.78. The van der Waals surface area contributed by atoms with Crippen molar-refractivity contribution in [3.05, 3.63) is 95.6 Å². The highest BCUT2D eigenvalue weighted by Gasteiger charge is 2.22. The second-order valence-corrected chi connectivity index (χ2v) is 8.70. The highest BCUT2D eigenvalue weighted by molar-refractivity contribution is 7.99. The lowest BCUT2D eigenvalue weighted by molar-refractivity contribution is 0.238. The van der Waals surface area contributed by atoms with Gasteiger partial charge in [0.25, 0.3) is 0 Å². The van der Waals surface area contributed by atoms with Gasteiger partial charge >= 0.3 is 0 Å². The van der Waals surface area contributed by atoms with E-state index >= 15 is 0 Å². The Balaban J connectivity index is 1.42. The third-order valence-corrected chi connectivity index (χ3v) is 6.09. The van der Waals surface area contributed by atoms with E-state index in [0.29, 0.717) is 22.6 Å². The third-order valence-electron chi connectivity index (χ3n) is 5.24. The van der Waals surface area contributed by atoms with Gasteiger partial charge in [-0.2, -0.15) is 0 Å². The van der Waals surface area contributed by atoms with Crippen LogP contribution in [-0.4, -0.2) is 30.1 Å². The second-order valence-electron chi connectivity index (χ2n) is 7.72. The van der Waals surface area contributed by atoms with Crippen LogP contribution >= 0.6 is 11.8 Å². The molecular formula is C29H28N4O2S. The van der Waals surface area contributed by atoms with E-state index in [1.165, 1.54) is 17.0 Å². The van der Waals surface area contributed by atoms with Crippen molar-refractivity contribution >= 4 is 11.8 Å². The zero-order chi connectivity index (χ0) is 32.8. The smallest absolute Gasteiger partial charge is 0.196 e. The Hall–Kier alpha value is -3.60. The van der Waals surface area contributed by atoms with Crippen molar-refractivity contribution in [1.82, 2.24) is 19.7 Å². The van der Waals surface area contributed by atoms with E-state index in [1.807, 2.05) is 25.1 Å². The second kappa shape index (κ2) is 11.4. The molecule has 2 aromatic carbocycles. The highest BCUT2D eigenvalue weighted by atomic mass is 32.2. The van der Waals surface area contributed by atoms with Gasteiger partial charge in [0.15, 0.2) is 11.0 Å². The molecule has 0 bridgehead atoms. The Morgan fingerprint density at radius 1 is 1.17 bits per heavy atom. The first-order chi connectivity index (χ1) is 21.0. The summed E-state index contributed by atoms with van der Waals surface area (Å²) in [6.45, 7) is 1.68. The topological polar surface area (TPSA) is 73.1 Å². The number of ether oxygens (including phenoxy) is 1. The molecule has 0 radical (unpaired) electrons. The van der Waals surface area contributed by atoms with E-state index in [2.05, 4.69) is 27.0 Å². The molecule has 1 fully saturated rings. The summed E-state index contributed by atoms with van der Waals surface area (Å²) in [6, 6.07) is 17.5. The number of benzene rings is 2. The molecule has 1 atom stereocenters. The van der Waals surface area contributed by atoms with Crippen molar-refractivity contribution in [1.29, 1.82) is 0 Å². The van der Waals surface area contributed by atoms with Crippen molar-refractivity contribution < 1.29 is 22.2 Å². The average Bonchev–Trinajstić information content (AvgIpc) is 3.42. The van der Waals surface area contributed by atoms with Gasteiger partial charge in [-0.05, 0) is 61.1 Å². The first-order valence-corrected chi connectivity index (χ1v) is 11.9. The number of aliphatic hydroxyl groups is 1. The standard InChI is InChI=1S/C29H28N4O2S/c1-21-18-25(15-13-22(21)14-16-27(34)23-8-3-2-4-9-23)35-20-28-31-32-29(36-26-11-5-6-12-26)33(28)24-10-7-17-30-19-24/h2-4,7-10,13,15,17-19,26-27,34H,5-6,11-12,20H2,1H3/i5D2,6D2,11D2,12D2,26D. The predicted octanol–water partition coefficient (Wildman–Crippen LogP) is 5.67. The number of pyridine rings is 1. The molecule has 4 aromatic rings. The number of hydrogen-bond donors (Lipinski definition) is 1. The summed E-state index contributed by atoms with van der Waals surface area (Å²) >= 11 is 0.253. The van der Waals surface area contributed by atoms with Crippen molar-refractivity contribution in [2.45, 2.75) is 55.5 Å². The number of rotatable bonds is 7. The molecule has 1 aliphatic rings. The van der Waals surface area contributed by atoms with E-state index in [9.17, 15) is 5.11 Å². The summed E-state index contributed by atoms with van der Waals surface area (Å²) in [6.07, 6.45) is -11.2. The van der Waals surface area contributed by atoms with Gasteiger partial charge in [-0.25, -0.2) is 0 Å². The molecular weight excluding hydrogens is 468 g/mol. The van der Waals surface area contributed by atoms with Crippen LogP contribution in [0.3, 0.4) is 0 Å². The summed E-state index contributed by atoms with van der Waals surface area (Å²) in [5.41, 5.74) is 2.55. The molecule has 0 saturated heterocycles. The SMILES string of the molecule is [2H]C1([2H])C([2H])([2H])C([2H])([2H])C([2H])(Sc2nnc(COc3ccc(C#CC(O)c4ccccc4)c(C)c3)n2-c2cccnc2)C1([2H])[2H]. The lowest BCUT2D eigenvalue weighted by atomic mass is 10.1. The Kier molecular flexibility index (Phi) is 4.92. The predicted molar refractivity (Wildman–Crippen MR) is 141 cm³/mol. The van der Waals surface area contributed by atoms with Crippen LogP contribution in [0.1, 0.15) is 66.4 Å². The number of nitrogens with zero attached hydrogens (tertiary/aromatic N) is 4. The molecule has 1 aliphatic carbocycles. The van der Waals surface area contributed by atoms with Crippen LogP contribution in [0.4, 0.5) is 0 Å². The molecule has 1 unspecified atom stereocenters. The number of thioether (sulfide) groups is 1. The van der Waals surface area contributed by atoms with Crippen LogP contribution in [0.2, 0.25) is 0 Å². The molecule has 7 heteroatoms. The summed E-state index contributed by atoms with van der Waals surface area (Å²) in [4.78, 5) is 4.09. The van der Waals surface area contributed by atoms with Gasteiger partial charge in [0.05, 0.1) is 11.9 Å². The van der Waals surface area contributed by atoms with E-state index in [-0.39, 0.29) is 29.3 Å². The van der Waals surface area contributed by atoms with Crippen LogP contribution in [0.15, 0.2) is 78.2 Å². The summed E-state index contributed by atoms with van der Waals surface area (Å²) in [5.74, 6) is 6.46. The van der Waals surface area contributed by atoms with Crippen molar-refractivity contribution in [2.75, 3.05) is 0 Å². The maximum absolute atomic E-state index is 10.4. The molecule has 36 heavy (non-hydrogen) atoms. The van der Waals surface area contributed by atoms with Gasteiger partial charge < -0.3 is 9.84 Å². The molecule has 1 N–H and O–H groups in total. The summed E-state index contributed by atoms with van der Waals surface area (Å²) in [5, 5.41) is 15.4. The zero-order valence-corrected chi connectivity index (χ0v) is 20.1. The van der Waals surface area contributed by atoms with Crippen LogP contribution in [0.25, 0.3) is 5.69 Å². The average molecular weight is 506 g/mol. The fourth-order valence-corrected chi connectivity index (χ4v) is 4.20. The summed E-state index contributed by atoms with van der Waals surface area (Å²) < 4.78 is 82.3. The minimum Gasteiger partial charge on any atom is -0.486 e. The number of hydrogen-bond acceptors (Lipinski definition) is 6. The number of aromatic nitrogens is 4. The Morgan fingerprint density at radius 3 is 2.75 bits per heavy atom.